The van der Waals surface area contributed by atoms with Crippen molar-refractivity contribution in [2.24, 2.45) is 0 Å². The monoisotopic (exact) mass is 465 g/mol. The van der Waals surface area contributed by atoms with E-state index in [9.17, 15) is 18.6 Å². The highest BCUT2D eigenvalue weighted by atomic mass is 32.1. The van der Waals surface area contributed by atoms with Crippen LogP contribution in [0.15, 0.2) is 48.7 Å². The van der Waals surface area contributed by atoms with Crippen LogP contribution in [-0.2, 0) is 4.57 Å². The van der Waals surface area contributed by atoms with Gasteiger partial charge in [-0.3, -0.25) is 4.57 Å². The Morgan fingerprint density at radius 1 is 1.19 bits per heavy atom. The van der Waals surface area contributed by atoms with Crippen LogP contribution in [0.3, 0.4) is 0 Å². The van der Waals surface area contributed by atoms with Crippen molar-refractivity contribution in [1.82, 2.24) is 0 Å². The van der Waals surface area contributed by atoms with Gasteiger partial charge in [-0.2, -0.15) is 9.71 Å². The van der Waals surface area contributed by atoms with Crippen molar-refractivity contribution in [3.8, 4) is 17.2 Å². The third-order valence-corrected chi connectivity index (χ3v) is 6.86. The molecular weight excluding hydrogens is 442 g/mol. The zero-order chi connectivity index (χ0) is 22.6. The van der Waals surface area contributed by atoms with Gasteiger partial charge in [0.1, 0.15) is 23.4 Å². The Labute approximate surface area is 183 Å². The topological polar surface area (TPSA) is 99.0 Å². The summed E-state index contributed by atoms with van der Waals surface area (Å²) in [5.41, 5.74) is 0.262. The van der Waals surface area contributed by atoms with Crippen LogP contribution in [0.2, 0.25) is 0 Å². The van der Waals surface area contributed by atoms with Crippen LogP contribution < -0.4 is 25.1 Å². The van der Waals surface area contributed by atoms with Crippen LogP contribution in [0.4, 0.5) is 9.52 Å². The molecule has 7 nitrogen and oxygen atoms in total. The summed E-state index contributed by atoms with van der Waals surface area (Å²) in [6, 6.07) is 11.0. The summed E-state index contributed by atoms with van der Waals surface area (Å²) >= 11 is 0.777. The van der Waals surface area contributed by atoms with Crippen LogP contribution in [0.25, 0.3) is 0 Å². The largest absolute Gasteiger partial charge is 0.491 e. The molecule has 3 rings (SSSR count). The first-order chi connectivity index (χ1) is 14.7. The summed E-state index contributed by atoms with van der Waals surface area (Å²) in [5.74, 6) is 0.750. The van der Waals surface area contributed by atoms with Gasteiger partial charge in [-0.25, -0.2) is 9.78 Å². The molecule has 0 bridgehead atoms. The Bertz CT molecular complexity index is 1120. The number of carbonyl (C=O) groups excluding carboxylic acids is 1. The third-order valence-electron chi connectivity index (χ3n) is 4.16. The number of anilines is 1. The van der Waals surface area contributed by atoms with Gasteiger partial charge >= 0.3 is 11.0 Å². The minimum Gasteiger partial charge on any atom is -0.491 e. The normalized spacial score (nSPS) is 13.0. The number of carbonyl (C=O) groups is 1. The molecule has 0 saturated carbocycles. The zero-order valence-electron chi connectivity index (χ0n) is 17.2. The molecule has 0 aliphatic heterocycles. The average molecular weight is 465 g/mol. The first-order valence-electron chi connectivity index (χ1n) is 9.56. The Hall–Kier alpha value is -2.74. The molecule has 0 aliphatic carbocycles. The molecule has 1 aromatic heterocycles. The molecule has 0 radical (unpaired) electrons. The minimum absolute atomic E-state index is 0.127. The number of aromatic amines is 1. The highest BCUT2D eigenvalue weighted by molar-refractivity contribution is 7.66. The molecule has 0 spiro atoms. The number of benzene rings is 2. The summed E-state index contributed by atoms with van der Waals surface area (Å²) in [6.07, 6.45) is 1.17. The average Bonchev–Trinajstić information content (AvgIpc) is 3.12. The zero-order valence-corrected chi connectivity index (χ0v) is 18.9. The van der Waals surface area contributed by atoms with Crippen molar-refractivity contribution in [2.75, 3.05) is 11.5 Å². The minimum atomic E-state index is -3.36. The molecule has 1 amide bonds. The first-order valence-corrected chi connectivity index (χ1v) is 12.2. The van der Waals surface area contributed by atoms with Gasteiger partial charge in [0, 0.05) is 17.5 Å². The molecule has 3 N–H and O–H groups in total. The molecule has 0 saturated heterocycles. The number of aromatic nitrogens is 1. The number of rotatable bonds is 8. The van der Waals surface area contributed by atoms with Gasteiger partial charge in [-0.1, -0.05) is 6.92 Å². The van der Waals surface area contributed by atoms with E-state index in [0.717, 1.165) is 17.5 Å². The van der Waals surface area contributed by atoms with Crippen LogP contribution >= 0.6 is 18.7 Å². The second kappa shape index (κ2) is 9.60. The maximum atomic E-state index is 13.2. The number of ether oxygens (including phenoxy) is 2. The number of hydrogen-bond acceptors (Lipinski definition) is 5. The van der Waals surface area contributed by atoms with Crippen molar-refractivity contribution in [3.05, 3.63) is 59.4 Å². The Balaban J connectivity index is 1.86. The van der Waals surface area contributed by atoms with Crippen LogP contribution in [0.5, 0.6) is 17.2 Å². The lowest BCUT2D eigenvalue weighted by Crippen LogP contribution is -2.17. The quantitative estimate of drug-likeness (QED) is 0.479. The molecular formula is C21H23FN2O5PS+. The fourth-order valence-corrected chi connectivity index (χ4v) is 4.24. The van der Waals surface area contributed by atoms with Crippen LogP contribution in [0.1, 0.15) is 31.1 Å². The van der Waals surface area contributed by atoms with Gasteiger partial charge < -0.3 is 14.4 Å². The molecule has 2 aromatic carbocycles. The molecule has 3 aromatic rings. The van der Waals surface area contributed by atoms with E-state index in [1.54, 1.807) is 43.3 Å². The van der Waals surface area contributed by atoms with E-state index in [4.69, 9.17) is 9.47 Å². The van der Waals surface area contributed by atoms with Gasteiger partial charge in [0.25, 0.3) is 0 Å². The van der Waals surface area contributed by atoms with Gasteiger partial charge in [0.05, 0.1) is 11.7 Å². The van der Waals surface area contributed by atoms with E-state index in [1.165, 1.54) is 6.07 Å². The lowest BCUT2D eigenvalue weighted by atomic mass is 10.2. The van der Waals surface area contributed by atoms with Gasteiger partial charge in [0.2, 0.25) is 12.5 Å². The molecule has 1 atom stereocenters. The summed E-state index contributed by atoms with van der Waals surface area (Å²) in [6.45, 7) is 5.37. The number of amides is 1. The molecule has 1 heterocycles. The van der Waals surface area contributed by atoms with Crippen LogP contribution in [-0.4, -0.2) is 23.1 Å². The second-order valence-electron chi connectivity index (χ2n) is 6.95. The van der Waals surface area contributed by atoms with E-state index < -0.39 is 18.4 Å². The molecule has 31 heavy (non-hydrogen) atoms. The van der Waals surface area contributed by atoms with Gasteiger partial charge in [0.15, 0.2) is 0 Å². The van der Waals surface area contributed by atoms with Gasteiger partial charge in [-0.15, -0.1) is 0 Å². The third kappa shape index (κ3) is 6.13. The van der Waals surface area contributed by atoms with E-state index in [1.807, 2.05) is 13.8 Å². The van der Waals surface area contributed by atoms with Crippen molar-refractivity contribution in [1.29, 1.82) is 0 Å². The summed E-state index contributed by atoms with van der Waals surface area (Å²) in [4.78, 5) is 25.2. The number of thiazole rings is 1. The predicted molar refractivity (Wildman–Crippen MR) is 118 cm³/mol. The van der Waals surface area contributed by atoms with Crippen molar-refractivity contribution in [3.63, 3.8) is 0 Å². The molecule has 0 aliphatic rings. The fraction of sp³-hybridized carbons (Fsp3) is 0.238. The second-order valence-corrected chi connectivity index (χ2v) is 10.5. The molecule has 10 heteroatoms. The first kappa shape index (κ1) is 22.9. The fourth-order valence-electron chi connectivity index (χ4n) is 2.68. The standard InChI is InChI=1S/C21H22FN2O5PS/c1-4-30(26,27)18-7-5-15(6-8-18)29-17-10-14(9-16(11-17)28-13(2)3)20(25)24-21-23-12-19(22)31-21/h5-13H,4H2,1-3H3,(H,26,27)(H,23,24,25)/p+1. The lowest BCUT2D eigenvalue weighted by Gasteiger charge is -2.14. The maximum Gasteiger partial charge on any atom is 0.342 e. The van der Waals surface area contributed by atoms with Crippen LogP contribution in [0, 0.1) is 5.13 Å². The lowest BCUT2D eigenvalue weighted by molar-refractivity contribution is -0.356. The van der Waals surface area contributed by atoms with E-state index >= 15 is 0 Å². The van der Waals surface area contributed by atoms with Crippen molar-refractivity contribution >= 4 is 35.0 Å². The van der Waals surface area contributed by atoms with E-state index in [0.29, 0.717) is 22.6 Å². The molecule has 164 valence electrons. The highest BCUT2D eigenvalue weighted by Crippen LogP contribution is 2.39. The number of hydrogen-bond donors (Lipinski definition) is 2. The maximum absolute atomic E-state index is 13.2. The molecule has 0 fully saturated rings. The van der Waals surface area contributed by atoms with E-state index in [2.05, 4.69) is 10.3 Å². The Kier molecular flexibility index (Phi) is 7.10. The molecule has 1 unspecified atom stereocenters. The van der Waals surface area contributed by atoms with Crippen molar-refractivity contribution < 1.29 is 33.1 Å². The Morgan fingerprint density at radius 2 is 1.87 bits per heavy atom. The van der Waals surface area contributed by atoms with Crippen molar-refractivity contribution in [2.45, 2.75) is 26.9 Å². The number of halogens is 1. The number of H-pyrrole nitrogens is 1. The Morgan fingerprint density at radius 3 is 2.45 bits per heavy atom. The van der Waals surface area contributed by atoms with Gasteiger partial charge in [-0.05, 0) is 61.6 Å². The SMILES string of the molecule is CCP(=O)(O)c1ccc(Oc2cc(OC(C)C)cc(C(=O)Nc3[nH+]cc(F)s3)c2)cc1. The number of nitrogens with one attached hydrogen (secondary N) is 2. The smallest absolute Gasteiger partial charge is 0.342 e. The highest BCUT2D eigenvalue weighted by Gasteiger charge is 2.20. The van der Waals surface area contributed by atoms with E-state index in [-0.39, 0.29) is 23.0 Å². The summed E-state index contributed by atoms with van der Waals surface area (Å²) in [7, 11) is -3.36. The predicted octanol–water partition coefficient (Wildman–Crippen LogP) is 4.45. The summed E-state index contributed by atoms with van der Waals surface area (Å²) < 4.78 is 36.9. The summed E-state index contributed by atoms with van der Waals surface area (Å²) in [5, 5.41) is 2.76.